The van der Waals surface area contributed by atoms with Gasteiger partial charge in [0, 0.05) is 44.9 Å². The summed E-state index contributed by atoms with van der Waals surface area (Å²) in [5, 5.41) is 6.81. The van der Waals surface area contributed by atoms with Crippen LogP contribution < -0.4 is 15.4 Å². The van der Waals surface area contributed by atoms with Gasteiger partial charge < -0.3 is 24.8 Å². The molecule has 0 unspecified atom stereocenters. The second-order valence-electron chi connectivity index (χ2n) is 7.56. The summed E-state index contributed by atoms with van der Waals surface area (Å²) in [6.07, 6.45) is 5.25. The van der Waals surface area contributed by atoms with E-state index in [9.17, 15) is 0 Å². The van der Waals surface area contributed by atoms with Gasteiger partial charge in [-0.2, -0.15) is 0 Å². The number of guanidine groups is 1. The Bertz CT molecular complexity index is 590. The highest BCUT2D eigenvalue weighted by Gasteiger charge is 2.34. The topological polar surface area (TPSA) is 64.1 Å². The minimum atomic E-state index is 0. The van der Waals surface area contributed by atoms with Crippen LogP contribution in [0, 0.1) is 0 Å². The molecule has 1 aromatic rings. The van der Waals surface area contributed by atoms with Gasteiger partial charge >= 0.3 is 0 Å². The molecule has 0 aromatic heterocycles. The lowest BCUT2D eigenvalue weighted by Crippen LogP contribution is -2.41. The summed E-state index contributed by atoms with van der Waals surface area (Å²) in [7, 11) is 1.70. The highest BCUT2D eigenvalue weighted by atomic mass is 127. The number of rotatable bonds is 12. The van der Waals surface area contributed by atoms with Gasteiger partial charge in [-0.05, 0) is 50.3 Å². The van der Waals surface area contributed by atoms with Gasteiger partial charge in [-0.15, -0.1) is 24.0 Å². The highest BCUT2D eigenvalue weighted by molar-refractivity contribution is 14.0. The van der Waals surface area contributed by atoms with Crippen molar-refractivity contribution in [2.45, 2.75) is 51.4 Å². The van der Waals surface area contributed by atoms with Crippen LogP contribution in [0.4, 0.5) is 0 Å². The summed E-state index contributed by atoms with van der Waals surface area (Å²) in [4.78, 5) is 4.94. The van der Waals surface area contributed by atoms with Crippen molar-refractivity contribution in [3.8, 4) is 5.75 Å². The summed E-state index contributed by atoms with van der Waals surface area (Å²) >= 11 is 0. The van der Waals surface area contributed by atoms with Crippen molar-refractivity contribution in [1.29, 1.82) is 0 Å². The minimum absolute atomic E-state index is 0. The van der Waals surface area contributed by atoms with E-state index >= 15 is 0 Å². The molecule has 172 valence electrons. The Morgan fingerprint density at radius 1 is 1.07 bits per heavy atom. The molecule has 7 heteroatoms. The largest absolute Gasteiger partial charge is 0.497 e. The van der Waals surface area contributed by atoms with E-state index in [1.807, 2.05) is 12.1 Å². The third-order valence-corrected chi connectivity index (χ3v) is 5.44. The Balaban J connectivity index is 0.00000450. The van der Waals surface area contributed by atoms with Crippen molar-refractivity contribution in [3.63, 3.8) is 0 Å². The van der Waals surface area contributed by atoms with Crippen molar-refractivity contribution in [3.05, 3.63) is 29.8 Å². The summed E-state index contributed by atoms with van der Waals surface area (Å²) in [5.74, 6) is 1.76. The Labute approximate surface area is 199 Å². The molecule has 1 aromatic carbocycles. The number of nitrogens with zero attached hydrogens (tertiary/aromatic N) is 1. The van der Waals surface area contributed by atoms with E-state index in [1.54, 1.807) is 7.11 Å². The van der Waals surface area contributed by atoms with E-state index in [2.05, 4.69) is 36.6 Å². The molecule has 2 N–H and O–H groups in total. The van der Waals surface area contributed by atoms with E-state index in [0.29, 0.717) is 0 Å². The SMILES string of the molecule is CCCCOCCCNC(=NCC1(c2ccc(OC)cc2)CCOCC1)NCC.I. The molecule has 1 saturated heterocycles. The maximum atomic E-state index is 5.65. The van der Waals surface area contributed by atoms with Crippen LogP contribution in [-0.2, 0) is 14.9 Å². The number of halogens is 1. The van der Waals surface area contributed by atoms with Gasteiger partial charge in [-0.3, -0.25) is 4.99 Å². The van der Waals surface area contributed by atoms with Crippen LogP contribution in [0.2, 0.25) is 0 Å². The maximum absolute atomic E-state index is 5.65. The number of ether oxygens (including phenoxy) is 3. The highest BCUT2D eigenvalue weighted by Crippen LogP contribution is 2.36. The Kier molecular flexibility index (Phi) is 14.1. The van der Waals surface area contributed by atoms with Crippen LogP contribution in [0.25, 0.3) is 0 Å². The molecule has 0 radical (unpaired) electrons. The predicted molar refractivity (Wildman–Crippen MR) is 134 cm³/mol. The molecular weight excluding hydrogens is 493 g/mol. The van der Waals surface area contributed by atoms with Gasteiger partial charge in [0.25, 0.3) is 0 Å². The zero-order valence-corrected chi connectivity index (χ0v) is 21.2. The minimum Gasteiger partial charge on any atom is -0.497 e. The number of nitrogens with one attached hydrogen (secondary N) is 2. The van der Waals surface area contributed by atoms with Crippen LogP contribution in [0.1, 0.15) is 51.5 Å². The molecule has 0 bridgehead atoms. The first-order valence-corrected chi connectivity index (χ1v) is 11.1. The summed E-state index contributed by atoms with van der Waals surface area (Å²) < 4.78 is 16.6. The monoisotopic (exact) mass is 533 g/mol. The van der Waals surface area contributed by atoms with Crippen LogP contribution in [-0.4, -0.2) is 59.1 Å². The third-order valence-electron chi connectivity index (χ3n) is 5.44. The maximum Gasteiger partial charge on any atom is 0.191 e. The number of unbranched alkanes of at least 4 members (excludes halogenated alkanes) is 1. The molecule has 6 nitrogen and oxygen atoms in total. The summed E-state index contributed by atoms with van der Waals surface area (Å²) in [6.45, 7) is 9.93. The van der Waals surface area contributed by atoms with Gasteiger partial charge in [-0.25, -0.2) is 0 Å². The third kappa shape index (κ3) is 8.98. The standard InChI is InChI=1S/C23H39N3O3.HI/c1-4-6-15-28-16-7-14-25-22(24-5-2)26-19-23(12-17-29-18-13-23)20-8-10-21(27-3)11-9-20;/h8-11H,4-7,12-19H2,1-3H3,(H2,24,25,26);1H. The predicted octanol–water partition coefficient (Wildman–Crippen LogP) is 4.12. The summed E-state index contributed by atoms with van der Waals surface area (Å²) in [5.41, 5.74) is 1.32. The van der Waals surface area contributed by atoms with Crippen LogP contribution >= 0.6 is 24.0 Å². The molecule has 0 atom stereocenters. The summed E-state index contributed by atoms with van der Waals surface area (Å²) in [6, 6.07) is 8.43. The van der Waals surface area contributed by atoms with Gasteiger partial charge in [0.1, 0.15) is 5.75 Å². The van der Waals surface area contributed by atoms with E-state index in [1.165, 1.54) is 12.0 Å². The van der Waals surface area contributed by atoms with Gasteiger partial charge in [0.2, 0.25) is 0 Å². The molecule has 0 amide bonds. The van der Waals surface area contributed by atoms with Crippen molar-refractivity contribution in [1.82, 2.24) is 10.6 Å². The molecule has 1 heterocycles. The van der Waals surface area contributed by atoms with E-state index in [0.717, 1.165) is 83.5 Å². The molecular formula is C23H40IN3O3. The molecule has 30 heavy (non-hydrogen) atoms. The van der Waals surface area contributed by atoms with E-state index in [-0.39, 0.29) is 29.4 Å². The van der Waals surface area contributed by atoms with Gasteiger partial charge in [0.05, 0.1) is 13.7 Å². The zero-order chi connectivity index (χ0) is 20.8. The lowest BCUT2D eigenvalue weighted by molar-refractivity contribution is 0.0531. The quantitative estimate of drug-likeness (QED) is 0.183. The average Bonchev–Trinajstić information content (AvgIpc) is 2.77. The number of aliphatic imine (C=N–C) groups is 1. The molecule has 0 aliphatic carbocycles. The first-order valence-electron chi connectivity index (χ1n) is 11.1. The molecule has 0 saturated carbocycles. The molecule has 1 fully saturated rings. The van der Waals surface area contributed by atoms with Crippen LogP contribution in [0.5, 0.6) is 5.75 Å². The smallest absolute Gasteiger partial charge is 0.191 e. The lowest BCUT2D eigenvalue weighted by atomic mass is 9.74. The molecule has 2 rings (SSSR count). The molecule has 1 aliphatic heterocycles. The number of hydrogen-bond acceptors (Lipinski definition) is 4. The normalized spacial score (nSPS) is 15.9. The average molecular weight is 533 g/mol. The van der Waals surface area contributed by atoms with E-state index in [4.69, 9.17) is 19.2 Å². The van der Waals surface area contributed by atoms with E-state index < -0.39 is 0 Å². The number of hydrogen-bond donors (Lipinski definition) is 2. The second kappa shape index (κ2) is 15.7. The first-order chi connectivity index (χ1) is 14.2. The fourth-order valence-electron chi connectivity index (χ4n) is 3.55. The number of methoxy groups -OCH3 is 1. The zero-order valence-electron chi connectivity index (χ0n) is 18.9. The van der Waals surface area contributed by atoms with Gasteiger partial charge in [0.15, 0.2) is 5.96 Å². The van der Waals surface area contributed by atoms with Crippen molar-refractivity contribution in [2.75, 3.05) is 53.2 Å². The molecule has 1 aliphatic rings. The molecule has 0 spiro atoms. The Hall–Kier alpha value is -1.06. The van der Waals surface area contributed by atoms with Gasteiger partial charge in [-0.1, -0.05) is 25.5 Å². The fraction of sp³-hybridized carbons (Fsp3) is 0.696. The van der Waals surface area contributed by atoms with Crippen LogP contribution in [0.3, 0.4) is 0 Å². The fourth-order valence-corrected chi connectivity index (χ4v) is 3.55. The Morgan fingerprint density at radius 3 is 2.40 bits per heavy atom. The van der Waals surface area contributed by atoms with Crippen molar-refractivity contribution < 1.29 is 14.2 Å². The van der Waals surface area contributed by atoms with Crippen molar-refractivity contribution >= 4 is 29.9 Å². The first kappa shape index (κ1) is 27.0. The number of benzene rings is 1. The second-order valence-corrected chi connectivity index (χ2v) is 7.56. The Morgan fingerprint density at radius 2 is 1.77 bits per heavy atom. The van der Waals surface area contributed by atoms with Crippen LogP contribution in [0.15, 0.2) is 29.3 Å². The van der Waals surface area contributed by atoms with Crippen molar-refractivity contribution in [2.24, 2.45) is 4.99 Å². The lowest BCUT2D eigenvalue weighted by Gasteiger charge is -2.36.